The van der Waals surface area contributed by atoms with Gasteiger partial charge in [-0.25, -0.2) is 4.98 Å². The molecule has 0 unspecified atom stereocenters. The van der Waals surface area contributed by atoms with Crippen LogP contribution in [0, 0.1) is 0 Å². The van der Waals surface area contributed by atoms with E-state index in [0.717, 1.165) is 40.9 Å². The summed E-state index contributed by atoms with van der Waals surface area (Å²) in [6.07, 6.45) is 26.0. The number of unbranched alkanes of at least 4 members (excludes halogenated alkanes) is 18. The zero-order chi connectivity index (χ0) is 29.0. The Balaban J connectivity index is 1.50. The lowest BCUT2D eigenvalue weighted by Crippen LogP contribution is -2.22. The molecule has 0 saturated carbocycles. The van der Waals surface area contributed by atoms with Gasteiger partial charge < -0.3 is 9.30 Å². The molecule has 5 heteroatoms. The summed E-state index contributed by atoms with van der Waals surface area (Å²) in [5.41, 5.74) is 2.61. The Hall–Kier alpha value is -2.14. The highest BCUT2D eigenvalue weighted by Gasteiger charge is 2.13. The van der Waals surface area contributed by atoms with Crippen molar-refractivity contribution in [3.8, 4) is 16.3 Å². The summed E-state index contributed by atoms with van der Waals surface area (Å²) >= 11 is 1.61. The van der Waals surface area contributed by atoms with Crippen molar-refractivity contribution in [1.82, 2.24) is 9.55 Å². The Morgan fingerprint density at radius 2 is 1.27 bits per heavy atom. The zero-order valence-electron chi connectivity index (χ0n) is 26.1. The standard InChI is InChI=1S/C36H56N2O2S/c1-3-5-7-9-11-13-15-17-19-21-27-38-33-25-26-35(40-28-22-20-18-16-14-12-10-8-6-4-2)37-32(33)30-31(36(38)39)34-24-23-29-41-34/h23-26,29-30H,3-22,27-28H2,1-2H3. The van der Waals surface area contributed by atoms with Crippen molar-refractivity contribution in [3.63, 3.8) is 0 Å². The fourth-order valence-electron chi connectivity index (χ4n) is 5.67. The Kier molecular flexibility index (Phi) is 16.8. The number of rotatable bonds is 24. The predicted octanol–water partition coefficient (Wildman–Crippen LogP) is 11.3. The molecular weight excluding hydrogens is 524 g/mol. The molecular formula is C36H56N2O2S. The fourth-order valence-corrected chi connectivity index (χ4v) is 6.40. The van der Waals surface area contributed by atoms with Gasteiger partial charge in [0.25, 0.3) is 5.56 Å². The third kappa shape index (κ3) is 12.3. The van der Waals surface area contributed by atoms with E-state index in [-0.39, 0.29) is 5.56 Å². The SMILES string of the molecule is CCCCCCCCCCCCOc1ccc2c(cc(-c3cccs3)c(=O)n2CCCCCCCCCCCC)n1. The molecule has 0 aliphatic rings. The van der Waals surface area contributed by atoms with E-state index >= 15 is 0 Å². The molecule has 3 rings (SSSR count). The third-order valence-electron chi connectivity index (χ3n) is 8.19. The molecule has 0 N–H and O–H groups in total. The van der Waals surface area contributed by atoms with Gasteiger partial charge >= 0.3 is 0 Å². The lowest BCUT2D eigenvalue weighted by molar-refractivity contribution is 0.294. The first kappa shape index (κ1) is 33.4. The van der Waals surface area contributed by atoms with Crippen LogP contribution in [0.5, 0.6) is 5.88 Å². The molecule has 0 radical (unpaired) electrons. The molecule has 0 atom stereocenters. The summed E-state index contributed by atoms with van der Waals surface area (Å²) in [6, 6.07) is 9.98. The first-order chi connectivity index (χ1) is 20.2. The highest BCUT2D eigenvalue weighted by atomic mass is 32.1. The lowest BCUT2D eigenvalue weighted by Gasteiger charge is -2.13. The van der Waals surface area contributed by atoms with Gasteiger partial charge in [0.1, 0.15) is 0 Å². The fraction of sp³-hybridized carbons (Fsp3) is 0.667. The molecule has 0 aromatic carbocycles. The van der Waals surface area contributed by atoms with E-state index < -0.39 is 0 Å². The summed E-state index contributed by atoms with van der Waals surface area (Å²) in [6.45, 7) is 5.99. The molecule has 0 saturated heterocycles. The summed E-state index contributed by atoms with van der Waals surface area (Å²) in [5, 5.41) is 2.03. The van der Waals surface area contributed by atoms with Crippen LogP contribution in [0.4, 0.5) is 0 Å². The Morgan fingerprint density at radius 1 is 0.707 bits per heavy atom. The molecule has 228 valence electrons. The number of aromatic nitrogens is 2. The van der Waals surface area contributed by atoms with Crippen LogP contribution < -0.4 is 10.3 Å². The van der Waals surface area contributed by atoms with Crippen molar-refractivity contribution in [2.75, 3.05) is 6.61 Å². The number of pyridine rings is 2. The van der Waals surface area contributed by atoms with Crippen molar-refractivity contribution in [2.24, 2.45) is 0 Å². The van der Waals surface area contributed by atoms with Gasteiger partial charge in [-0.2, -0.15) is 0 Å². The van der Waals surface area contributed by atoms with Gasteiger partial charge in [0.15, 0.2) is 0 Å². The second kappa shape index (κ2) is 20.7. The average molecular weight is 581 g/mol. The van der Waals surface area contributed by atoms with Gasteiger partial charge in [-0.05, 0) is 36.4 Å². The minimum absolute atomic E-state index is 0.0942. The molecule has 0 spiro atoms. The first-order valence-corrected chi connectivity index (χ1v) is 17.8. The molecule has 3 aromatic rings. The van der Waals surface area contributed by atoms with Crippen molar-refractivity contribution < 1.29 is 4.74 Å². The van der Waals surface area contributed by atoms with E-state index in [9.17, 15) is 4.79 Å². The summed E-state index contributed by atoms with van der Waals surface area (Å²) in [5.74, 6) is 0.662. The molecule has 3 heterocycles. The molecule has 3 aromatic heterocycles. The number of nitrogens with zero attached hydrogens (tertiary/aromatic N) is 2. The molecule has 0 bridgehead atoms. The Morgan fingerprint density at radius 3 is 1.83 bits per heavy atom. The number of hydrogen-bond donors (Lipinski definition) is 0. The van der Waals surface area contributed by atoms with E-state index in [2.05, 4.69) is 13.8 Å². The van der Waals surface area contributed by atoms with E-state index in [1.54, 1.807) is 11.3 Å². The number of ether oxygens (including phenoxy) is 1. The predicted molar refractivity (Wildman–Crippen MR) is 178 cm³/mol. The van der Waals surface area contributed by atoms with Crippen LogP contribution in [0.25, 0.3) is 21.5 Å². The maximum absolute atomic E-state index is 13.6. The minimum atomic E-state index is 0.0942. The van der Waals surface area contributed by atoms with Crippen LogP contribution >= 0.6 is 11.3 Å². The van der Waals surface area contributed by atoms with Crippen molar-refractivity contribution >= 4 is 22.4 Å². The number of thiophene rings is 1. The van der Waals surface area contributed by atoms with Gasteiger partial charge in [0.2, 0.25) is 5.88 Å². The number of fused-ring (bicyclic) bond motifs is 1. The van der Waals surface area contributed by atoms with Crippen LogP contribution in [0.3, 0.4) is 0 Å². The number of hydrogen-bond acceptors (Lipinski definition) is 4. The van der Waals surface area contributed by atoms with Crippen molar-refractivity contribution in [3.05, 3.63) is 46.1 Å². The van der Waals surface area contributed by atoms with Crippen molar-refractivity contribution in [1.29, 1.82) is 0 Å². The maximum atomic E-state index is 13.6. The van der Waals surface area contributed by atoms with Gasteiger partial charge in [-0.3, -0.25) is 4.79 Å². The van der Waals surface area contributed by atoms with Gasteiger partial charge in [-0.1, -0.05) is 135 Å². The highest BCUT2D eigenvalue weighted by Crippen LogP contribution is 2.26. The maximum Gasteiger partial charge on any atom is 0.259 e. The minimum Gasteiger partial charge on any atom is -0.478 e. The third-order valence-corrected chi connectivity index (χ3v) is 9.10. The summed E-state index contributed by atoms with van der Waals surface area (Å²) in [4.78, 5) is 19.4. The normalized spacial score (nSPS) is 11.5. The van der Waals surface area contributed by atoms with Crippen LogP contribution in [0.15, 0.2) is 40.5 Å². The molecule has 0 aliphatic carbocycles. The topological polar surface area (TPSA) is 44.1 Å². The average Bonchev–Trinajstić information content (AvgIpc) is 3.52. The molecule has 0 fully saturated rings. The van der Waals surface area contributed by atoms with Crippen LogP contribution in [-0.4, -0.2) is 16.2 Å². The summed E-state index contributed by atoms with van der Waals surface area (Å²) in [7, 11) is 0. The van der Waals surface area contributed by atoms with E-state index in [0.29, 0.717) is 12.5 Å². The monoisotopic (exact) mass is 580 g/mol. The van der Waals surface area contributed by atoms with Crippen LogP contribution in [-0.2, 0) is 6.54 Å². The lowest BCUT2D eigenvalue weighted by atomic mass is 10.1. The summed E-state index contributed by atoms with van der Waals surface area (Å²) < 4.78 is 8.01. The zero-order valence-corrected chi connectivity index (χ0v) is 27.0. The quantitative estimate of drug-likeness (QED) is 0.0990. The molecule has 0 aliphatic heterocycles. The van der Waals surface area contributed by atoms with Crippen molar-refractivity contribution in [2.45, 2.75) is 149 Å². The van der Waals surface area contributed by atoms with Crippen LogP contribution in [0.2, 0.25) is 0 Å². The number of aryl methyl sites for hydroxylation is 1. The smallest absolute Gasteiger partial charge is 0.259 e. The molecule has 0 amide bonds. The first-order valence-electron chi connectivity index (χ1n) is 17.0. The van der Waals surface area contributed by atoms with E-state index in [4.69, 9.17) is 9.72 Å². The second-order valence-electron chi connectivity index (χ2n) is 11.8. The van der Waals surface area contributed by atoms with E-state index in [1.165, 1.54) is 116 Å². The van der Waals surface area contributed by atoms with Gasteiger partial charge in [-0.15, -0.1) is 11.3 Å². The second-order valence-corrected chi connectivity index (χ2v) is 12.7. The largest absolute Gasteiger partial charge is 0.478 e. The Labute approximate surface area is 253 Å². The highest BCUT2D eigenvalue weighted by molar-refractivity contribution is 7.13. The van der Waals surface area contributed by atoms with Gasteiger partial charge in [0, 0.05) is 17.5 Å². The molecule has 41 heavy (non-hydrogen) atoms. The van der Waals surface area contributed by atoms with Crippen LogP contribution in [0.1, 0.15) is 142 Å². The Bertz CT molecular complexity index is 1140. The molecule has 4 nitrogen and oxygen atoms in total. The van der Waals surface area contributed by atoms with Gasteiger partial charge in [0.05, 0.1) is 23.2 Å². The van der Waals surface area contributed by atoms with E-state index in [1.807, 2.05) is 40.3 Å².